The largest absolute Gasteiger partial charge is 0.378 e. The van der Waals surface area contributed by atoms with Crippen LogP contribution in [0.2, 0.25) is 0 Å². The number of ether oxygens (including phenoxy) is 1. The molecule has 0 spiro atoms. The zero-order valence-electron chi connectivity index (χ0n) is 10.1. The molecule has 0 bridgehead atoms. The summed E-state index contributed by atoms with van der Waals surface area (Å²) in [6, 6.07) is 6.64. The van der Waals surface area contributed by atoms with Gasteiger partial charge in [-0.1, -0.05) is 25.0 Å². The van der Waals surface area contributed by atoms with Gasteiger partial charge in [0.1, 0.15) is 0 Å². The molecule has 18 heavy (non-hydrogen) atoms. The van der Waals surface area contributed by atoms with E-state index in [0.29, 0.717) is 12.7 Å². The lowest BCUT2D eigenvalue weighted by Crippen LogP contribution is -2.10. The van der Waals surface area contributed by atoms with Crippen molar-refractivity contribution in [3.8, 4) is 0 Å². The van der Waals surface area contributed by atoms with Gasteiger partial charge >= 0.3 is 0 Å². The Morgan fingerprint density at radius 1 is 1.17 bits per heavy atom. The molecule has 1 fully saturated rings. The molecule has 1 aromatic rings. The first-order chi connectivity index (χ1) is 8.55. The third-order valence-electron chi connectivity index (χ3n) is 3.25. The Hall–Kier alpha value is -0.580. The van der Waals surface area contributed by atoms with Crippen LogP contribution in [0, 0.1) is 0 Å². The molecule has 0 aliphatic heterocycles. The van der Waals surface area contributed by atoms with E-state index >= 15 is 0 Å². The summed E-state index contributed by atoms with van der Waals surface area (Å²) in [5.74, 6) is 0. The fraction of sp³-hybridized carbons (Fsp3) is 0.538. The fourth-order valence-corrected chi connectivity index (χ4v) is 2.99. The summed E-state index contributed by atoms with van der Waals surface area (Å²) < 4.78 is 27.9. The monoisotopic (exact) mass is 288 g/mol. The van der Waals surface area contributed by atoms with Gasteiger partial charge in [-0.2, -0.15) is 0 Å². The average molecular weight is 289 g/mol. The Morgan fingerprint density at radius 2 is 1.78 bits per heavy atom. The highest BCUT2D eigenvalue weighted by Gasteiger charge is 2.15. The predicted molar refractivity (Wildman–Crippen MR) is 71.4 cm³/mol. The highest BCUT2D eigenvalue weighted by Crippen LogP contribution is 2.21. The third kappa shape index (κ3) is 3.97. The van der Waals surface area contributed by atoms with Gasteiger partial charge in [-0.05, 0) is 37.0 Å². The number of benzene rings is 1. The first kappa shape index (κ1) is 13.8. The molecule has 0 amide bonds. The van der Waals surface area contributed by atoms with Gasteiger partial charge in [0.15, 0.2) is 0 Å². The molecule has 0 saturated heterocycles. The van der Waals surface area contributed by atoms with E-state index in [-0.39, 0.29) is 4.90 Å². The van der Waals surface area contributed by atoms with Crippen molar-refractivity contribution in [3.05, 3.63) is 29.8 Å². The lowest BCUT2D eigenvalue weighted by Gasteiger charge is -2.10. The Balaban J connectivity index is 1.83. The Kier molecular flexibility index (Phi) is 4.65. The van der Waals surface area contributed by atoms with Crippen molar-refractivity contribution in [1.29, 1.82) is 0 Å². The van der Waals surface area contributed by atoms with E-state index in [2.05, 4.69) is 0 Å². The molecule has 1 saturated carbocycles. The van der Waals surface area contributed by atoms with Gasteiger partial charge in [0.25, 0.3) is 9.05 Å². The van der Waals surface area contributed by atoms with E-state index in [9.17, 15) is 8.42 Å². The van der Waals surface area contributed by atoms with Gasteiger partial charge in [-0.15, -0.1) is 0 Å². The number of halogens is 1. The van der Waals surface area contributed by atoms with E-state index in [1.807, 2.05) is 0 Å². The molecule has 0 aromatic heterocycles. The summed E-state index contributed by atoms with van der Waals surface area (Å²) in [5.41, 5.74) is 1.07. The molecule has 1 aliphatic carbocycles. The van der Waals surface area contributed by atoms with Crippen LogP contribution in [0.4, 0.5) is 0 Å². The smallest absolute Gasteiger partial charge is 0.261 e. The highest BCUT2D eigenvalue weighted by molar-refractivity contribution is 8.13. The second-order valence-electron chi connectivity index (χ2n) is 4.61. The second kappa shape index (κ2) is 6.04. The van der Waals surface area contributed by atoms with Crippen LogP contribution in [0.5, 0.6) is 0 Å². The van der Waals surface area contributed by atoms with Gasteiger partial charge in [-0.25, -0.2) is 8.42 Å². The second-order valence-corrected chi connectivity index (χ2v) is 7.17. The van der Waals surface area contributed by atoms with Crippen molar-refractivity contribution in [1.82, 2.24) is 0 Å². The van der Waals surface area contributed by atoms with Crippen molar-refractivity contribution >= 4 is 19.7 Å². The predicted octanol–water partition coefficient (Wildman–Crippen LogP) is 3.12. The van der Waals surface area contributed by atoms with Crippen molar-refractivity contribution in [3.63, 3.8) is 0 Å². The van der Waals surface area contributed by atoms with E-state index in [1.54, 1.807) is 12.1 Å². The molecular weight excluding hydrogens is 272 g/mol. The lowest BCUT2D eigenvalue weighted by atomic mass is 10.2. The van der Waals surface area contributed by atoms with Gasteiger partial charge in [0.2, 0.25) is 0 Å². The molecule has 1 aromatic carbocycles. The molecule has 0 atom stereocenters. The Bertz CT molecular complexity index is 475. The summed E-state index contributed by atoms with van der Waals surface area (Å²) in [5, 5.41) is 0. The molecule has 3 nitrogen and oxygen atoms in total. The molecule has 0 radical (unpaired) electrons. The molecule has 0 unspecified atom stereocenters. The van der Waals surface area contributed by atoms with Crippen LogP contribution < -0.4 is 0 Å². The SMILES string of the molecule is O=S(=O)(Cl)c1ccc(CCOC2CCCC2)cc1. The third-order valence-corrected chi connectivity index (χ3v) is 4.62. The van der Waals surface area contributed by atoms with E-state index in [1.165, 1.54) is 37.8 Å². The quantitative estimate of drug-likeness (QED) is 0.782. The molecule has 100 valence electrons. The maximum atomic E-state index is 11.1. The van der Waals surface area contributed by atoms with Crippen molar-refractivity contribution in [2.24, 2.45) is 0 Å². The van der Waals surface area contributed by atoms with Gasteiger partial charge in [0, 0.05) is 10.7 Å². The average Bonchev–Trinajstić information content (AvgIpc) is 2.82. The maximum Gasteiger partial charge on any atom is 0.261 e. The normalized spacial score (nSPS) is 17.2. The van der Waals surface area contributed by atoms with Crippen molar-refractivity contribution in [2.45, 2.75) is 43.1 Å². The minimum absolute atomic E-state index is 0.143. The van der Waals surface area contributed by atoms with Crippen LogP contribution in [0.25, 0.3) is 0 Å². The summed E-state index contributed by atoms with van der Waals surface area (Å²) in [7, 11) is 1.64. The number of rotatable bonds is 5. The topological polar surface area (TPSA) is 43.4 Å². The van der Waals surface area contributed by atoms with Crippen molar-refractivity contribution < 1.29 is 13.2 Å². The molecule has 5 heteroatoms. The number of hydrogen-bond acceptors (Lipinski definition) is 3. The van der Waals surface area contributed by atoms with E-state index in [4.69, 9.17) is 15.4 Å². The van der Waals surface area contributed by atoms with E-state index < -0.39 is 9.05 Å². The van der Waals surface area contributed by atoms with Crippen LogP contribution in [0.3, 0.4) is 0 Å². The molecule has 2 rings (SSSR count). The van der Waals surface area contributed by atoms with Crippen LogP contribution in [-0.2, 0) is 20.2 Å². The summed E-state index contributed by atoms with van der Waals surface area (Å²) in [6.45, 7) is 0.692. The highest BCUT2D eigenvalue weighted by atomic mass is 35.7. The van der Waals surface area contributed by atoms with Gasteiger partial charge in [-0.3, -0.25) is 0 Å². The molecule has 1 aliphatic rings. The summed E-state index contributed by atoms with van der Waals surface area (Å²) in [4.78, 5) is 0.143. The van der Waals surface area contributed by atoms with Crippen LogP contribution in [0.15, 0.2) is 29.2 Å². The molecular formula is C13H17ClO3S. The minimum Gasteiger partial charge on any atom is -0.378 e. The fourth-order valence-electron chi connectivity index (χ4n) is 2.22. The van der Waals surface area contributed by atoms with Crippen LogP contribution >= 0.6 is 10.7 Å². The zero-order valence-corrected chi connectivity index (χ0v) is 11.7. The molecule has 0 N–H and O–H groups in total. The van der Waals surface area contributed by atoms with Crippen LogP contribution in [-0.4, -0.2) is 21.1 Å². The summed E-state index contributed by atoms with van der Waals surface area (Å²) >= 11 is 0. The van der Waals surface area contributed by atoms with Crippen molar-refractivity contribution in [2.75, 3.05) is 6.61 Å². The van der Waals surface area contributed by atoms with E-state index in [0.717, 1.165) is 12.0 Å². The maximum absolute atomic E-state index is 11.1. The Labute approximate surface area is 113 Å². The minimum atomic E-state index is -3.61. The van der Waals surface area contributed by atoms with Crippen LogP contribution in [0.1, 0.15) is 31.2 Å². The lowest BCUT2D eigenvalue weighted by molar-refractivity contribution is 0.0606. The first-order valence-corrected chi connectivity index (χ1v) is 8.52. The summed E-state index contributed by atoms with van der Waals surface area (Å²) in [6.07, 6.45) is 6.11. The number of hydrogen-bond donors (Lipinski definition) is 0. The molecule has 0 heterocycles. The van der Waals surface area contributed by atoms with Gasteiger partial charge in [0.05, 0.1) is 17.6 Å². The standard InChI is InChI=1S/C13H17ClO3S/c14-18(15,16)13-7-5-11(6-8-13)9-10-17-12-3-1-2-4-12/h5-8,12H,1-4,9-10H2. The van der Waals surface area contributed by atoms with Gasteiger partial charge < -0.3 is 4.74 Å². The first-order valence-electron chi connectivity index (χ1n) is 6.21. The Morgan fingerprint density at radius 3 is 2.33 bits per heavy atom. The zero-order chi connectivity index (χ0) is 13.0.